The van der Waals surface area contributed by atoms with E-state index in [1.54, 1.807) is 6.08 Å². The van der Waals surface area contributed by atoms with Gasteiger partial charge < -0.3 is 15.2 Å². The van der Waals surface area contributed by atoms with Gasteiger partial charge in [0.2, 0.25) is 0 Å². The third kappa shape index (κ3) is 8.12. The number of nitrogens with one attached hydrogen (secondary N) is 1. The van der Waals surface area contributed by atoms with Gasteiger partial charge in [0.05, 0.1) is 6.10 Å². The minimum absolute atomic E-state index is 0.102. The Hall–Kier alpha value is -1.03. The Bertz CT molecular complexity index is 269. The van der Waals surface area contributed by atoms with E-state index in [4.69, 9.17) is 4.74 Å². The molecule has 0 rings (SSSR count). The number of carbonyl (C=O) groups excluding carboxylic acids is 1. The van der Waals surface area contributed by atoms with Crippen LogP contribution in [0.4, 0.5) is 4.79 Å². The van der Waals surface area contributed by atoms with Crippen LogP contribution in [0.25, 0.3) is 0 Å². The smallest absolute Gasteiger partial charge is 0.407 e. The molecule has 0 unspecified atom stereocenters. The molecule has 106 valence electrons. The molecule has 0 aromatic heterocycles. The fourth-order valence-corrected chi connectivity index (χ4v) is 1.54. The zero-order valence-electron chi connectivity index (χ0n) is 12.2. The molecule has 0 spiro atoms. The highest BCUT2D eigenvalue weighted by Crippen LogP contribution is 2.13. The summed E-state index contributed by atoms with van der Waals surface area (Å²) in [5.74, 6) is 0.233. The Morgan fingerprint density at radius 2 is 2.00 bits per heavy atom. The summed E-state index contributed by atoms with van der Waals surface area (Å²) in [4.78, 5) is 11.7. The van der Waals surface area contributed by atoms with Crippen LogP contribution in [0, 0.1) is 5.92 Å². The SMILES string of the molecule is C=CC[C@@H](O)C[C@H](NC(=O)OC(C)(C)C)C(C)C. The van der Waals surface area contributed by atoms with E-state index in [0.717, 1.165) is 0 Å². The molecule has 0 aliphatic rings. The van der Waals surface area contributed by atoms with Gasteiger partial charge in [-0.15, -0.1) is 6.58 Å². The molecule has 4 heteroatoms. The molecule has 2 N–H and O–H groups in total. The van der Waals surface area contributed by atoms with E-state index in [2.05, 4.69) is 11.9 Å². The summed E-state index contributed by atoms with van der Waals surface area (Å²) in [6, 6.07) is -0.102. The summed E-state index contributed by atoms with van der Waals surface area (Å²) in [6.07, 6.45) is 1.79. The van der Waals surface area contributed by atoms with Crippen LogP contribution < -0.4 is 5.32 Å². The predicted octanol–water partition coefficient (Wildman–Crippen LogP) is 2.86. The number of aliphatic hydroxyl groups is 1. The lowest BCUT2D eigenvalue weighted by Gasteiger charge is -2.27. The molecule has 0 heterocycles. The first-order chi connectivity index (χ1) is 8.15. The van der Waals surface area contributed by atoms with Gasteiger partial charge in [0.25, 0.3) is 0 Å². The summed E-state index contributed by atoms with van der Waals surface area (Å²) in [5, 5.41) is 12.6. The van der Waals surface area contributed by atoms with Crippen molar-refractivity contribution in [1.82, 2.24) is 5.32 Å². The normalized spacial score (nSPS) is 15.1. The highest BCUT2D eigenvalue weighted by atomic mass is 16.6. The fourth-order valence-electron chi connectivity index (χ4n) is 1.54. The monoisotopic (exact) mass is 257 g/mol. The highest BCUT2D eigenvalue weighted by Gasteiger charge is 2.23. The van der Waals surface area contributed by atoms with Crippen molar-refractivity contribution in [2.24, 2.45) is 5.92 Å². The van der Waals surface area contributed by atoms with Crippen LogP contribution >= 0.6 is 0 Å². The van der Waals surface area contributed by atoms with Crippen molar-refractivity contribution in [2.45, 2.75) is 65.2 Å². The second-order valence-electron chi connectivity index (χ2n) is 5.91. The van der Waals surface area contributed by atoms with Crippen molar-refractivity contribution >= 4 is 6.09 Å². The molecule has 0 saturated carbocycles. The van der Waals surface area contributed by atoms with Gasteiger partial charge in [0.1, 0.15) is 5.60 Å². The topological polar surface area (TPSA) is 58.6 Å². The Morgan fingerprint density at radius 1 is 1.44 bits per heavy atom. The zero-order chi connectivity index (χ0) is 14.3. The molecule has 0 saturated heterocycles. The van der Waals surface area contributed by atoms with E-state index >= 15 is 0 Å². The summed E-state index contributed by atoms with van der Waals surface area (Å²) >= 11 is 0. The van der Waals surface area contributed by atoms with Crippen LogP contribution in [0.15, 0.2) is 12.7 Å². The van der Waals surface area contributed by atoms with Crippen molar-refractivity contribution in [3.8, 4) is 0 Å². The standard InChI is InChI=1S/C14H27NO3/c1-7-8-11(16)9-12(10(2)3)15-13(17)18-14(4,5)6/h7,10-12,16H,1,8-9H2,2-6H3,(H,15,17)/t11-,12+/m1/s1. The highest BCUT2D eigenvalue weighted by molar-refractivity contribution is 5.68. The lowest BCUT2D eigenvalue weighted by Crippen LogP contribution is -2.43. The second kappa shape index (κ2) is 7.41. The van der Waals surface area contributed by atoms with Gasteiger partial charge in [-0.25, -0.2) is 4.79 Å². The van der Waals surface area contributed by atoms with Gasteiger partial charge in [0.15, 0.2) is 0 Å². The van der Waals surface area contributed by atoms with E-state index in [9.17, 15) is 9.90 Å². The average molecular weight is 257 g/mol. The van der Waals surface area contributed by atoms with E-state index in [-0.39, 0.29) is 12.0 Å². The molecule has 0 aliphatic carbocycles. The molecule has 1 amide bonds. The van der Waals surface area contributed by atoms with Crippen molar-refractivity contribution in [3.63, 3.8) is 0 Å². The van der Waals surface area contributed by atoms with Gasteiger partial charge in [-0.1, -0.05) is 19.9 Å². The molecule has 0 aromatic rings. The molecule has 0 aliphatic heterocycles. The van der Waals surface area contributed by atoms with Crippen LogP contribution in [-0.2, 0) is 4.74 Å². The fraction of sp³-hybridized carbons (Fsp3) is 0.786. The van der Waals surface area contributed by atoms with E-state index in [1.165, 1.54) is 0 Å². The Morgan fingerprint density at radius 3 is 2.39 bits per heavy atom. The maximum atomic E-state index is 11.7. The van der Waals surface area contributed by atoms with Gasteiger partial charge in [-0.2, -0.15) is 0 Å². The molecule has 4 nitrogen and oxygen atoms in total. The van der Waals surface area contributed by atoms with Crippen LogP contribution in [0.1, 0.15) is 47.5 Å². The number of hydrogen-bond acceptors (Lipinski definition) is 3. The maximum Gasteiger partial charge on any atom is 0.407 e. The van der Waals surface area contributed by atoms with Crippen molar-refractivity contribution in [3.05, 3.63) is 12.7 Å². The third-order valence-electron chi connectivity index (χ3n) is 2.47. The summed E-state index contributed by atoms with van der Waals surface area (Å²) in [6.45, 7) is 13.1. The van der Waals surface area contributed by atoms with Crippen LogP contribution in [0.3, 0.4) is 0 Å². The van der Waals surface area contributed by atoms with Gasteiger partial charge in [-0.3, -0.25) is 0 Å². The largest absolute Gasteiger partial charge is 0.444 e. The van der Waals surface area contributed by atoms with Crippen LogP contribution in [0.2, 0.25) is 0 Å². The summed E-state index contributed by atoms with van der Waals surface area (Å²) in [5.41, 5.74) is -0.509. The second-order valence-corrected chi connectivity index (χ2v) is 5.91. The number of carbonyl (C=O) groups is 1. The molecule has 0 radical (unpaired) electrons. The molecule has 2 atom stereocenters. The first-order valence-electron chi connectivity index (χ1n) is 6.44. The van der Waals surface area contributed by atoms with E-state index < -0.39 is 17.8 Å². The Labute approximate surface area is 110 Å². The minimum atomic E-state index is -0.509. The third-order valence-corrected chi connectivity index (χ3v) is 2.47. The molecule has 0 bridgehead atoms. The first-order valence-corrected chi connectivity index (χ1v) is 6.44. The quantitative estimate of drug-likeness (QED) is 0.719. The summed E-state index contributed by atoms with van der Waals surface area (Å²) < 4.78 is 5.21. The van der Waals surface area contributed by atoms with Crippen LogP contribution in [-0.4, -0.2) is 28.9 Å². The maximum absolute atomic E-state index is 11.7. The molecule has 18 heavy (non-hydrogen) atoms. The van der Waals surface area contributed by atoms with E-state index in [0.29, 0.717) is 12.8 Å². The minimum Gasteiger partial charge on any atom is -0.444 e. The molecular formula is C14H27NO3. The molecular weight excluding hydrogens is 230 g/mol. The number of hydrogen-bond donors (Lipinski definition) is 2. The van der Waals surface area contributed by atoms with Gasteiger partial charge in [0, 0.05) is 6.04 Å². The lowest BCUT2D eigenvalue weighted by atomic mass is 9.97. The average Bonchev–Trinajstić information content (AvgIpc) is 2.13. The number of amides is 1. The number of alkyl carbamates (subject to hydrolysis) is 1. The molecule has 0 fully saturated rings. The Balaban J connectivity index is 4.36. The number of ether oxygens (including phenoxy) is 1. The van der Waals surface area contributed by atoms with Gasteiger partial charge >= 0.3 is 6.09 Å². The molecule has 0 aromatic carbocycles. The number of aliphatic hydroxyl groups excluding tert-OH is 1. The van der Waals surface area contributed by atoms with Gasteiger partial charge in [-0.05, 0) is 39.5 Å². The zero-order valence-corrected chi connectivity index (χ0v) is 12.2. The van der Waals surface area contributed by atoms with E-state index in [1.807, 2.05) is 34.6 Å². The van der Waals surface area contributed by atoms with Crippen molar-refractivity contribution < 1.29 is 14.6 Å². The number of rotatable bonds is 6. The van der Waals surface area contributed by atoms with Crippen LogP contribution in [0.5, 0.6) is 0 Å². The van der Waals surface area contributed by atoms with Crippen molar-refractivity contribution in [1.29, 1.82) is 0 Å². The summed E-state index contributed by atoms with van der Waals surface area (Å²) in [7, 11) is 0. The predicted molar refractivity (Wildman–Crippen MR) is 73.4 cm³/mol. The lowest BCUT2D eigenvalue weighted by molar-refractivity contribution is 0.0463. The van der Waals surface area contributed by atoms with Crippen molar-refractivity contribution in [2.75, 3.05) is 0 Å². The Kier molecular flexibility index (Phi) is 6.99. The first kappa shape index (κ1) is 17.0.